The first kappa shape index (κ1) is 23.9. The van der Waals surface area contributed by atoms with Crippen LogP contribution in [0.4, 0.5) is 18.9 Å². The number of alkyl halides is 3. The van der Waals surface area contributed by atoms with Gasteiger partial charge in [-0.15, -0.1) is 0 Å². The van der Waals surface area contributed by atoms with Crippen LogP contribution in [0.5, 0.6) is 5.75 Å². The predicted molar refractivity (Wildman–Crippen MR) is 129 cm³/mol. The molecule has 4 rings (SSSR count). The zero-order chi connectivity index (χ0) is 24.3. The summed E-state index contributed by atoms with van der Waals surface area (Å²) in [4.78, 5) is 16.8. The lowest BCUT2D eigenvalue weighted by Gasteiger charge is -2.08. The van der Waals surface area contributed by atoms with Gasteiger partial charge in [0.05, 0.1) is 21.2 Å². The van der Waals surface area contributed by atoms with Crippen molar-refractivity contribution in [1.29, 1.82) is 0 Å². The molecule has 0 radical (unpaired) electrons. The van der Waals surface area contributed by atoms with Crippen molar-refractivity contribution >= 4 is 46.2 Å². The van der Waals surface area contributed by atoms with Gasteiger partial charge in [-0.3, -0.25) is 4.79 Å². The third kappa shape index (κ3) is 6.01. The molecule has 1 fully saturated rings. The molecule has 4 nitrogen and oxygen atoms in total. The first-order valence-corrected chi connectivity index (χ1v) is 11.3. The Hall–Kier alpha value is -3.23. The molecule has 0 unspecified atom stereocenters. The Bertz CT molecular complexity index is 1270. The summed E-state index contributed by atoms with van der Waals surface area (Å²) < 4.78 is 44.7. The van der Waals surface area contributed by atoms with Gasteiger partial charge in [-0.2, -0.15) is 13.2 Å². The van der Waals surface area contributed by atoms with Crippen molar-refractivity contribution in [2.45, 2.75) is 19.7 Å². The van der Waals surface area contributed by atoms with Crippen molar-refractivity contribution in [2.24, 2.45) is 4.99 Å². The SMILES string of the molecule is Cc1ccc(COc2ccc(C=C3SC(=Nc4cc(C(F)(F)F)ccc4Cl)NC3=O)cc2)cc1. The normalized spacial score (nSPS) is 16.2. The van der Waals surface area contributed by atoms with E-state index < -0.39 is 17.6 Å². The molecule has 0 spiro atoms. The highest BCUT2D eigenvalue weighted by Gasteiger charge is 2.31. The van der Waals surface area contributed by atoms with Crippen LogP contribution in [0.3, 0.4) is 0 Å². The number of rotatable bonds is 5. The number of carbonyl (C=O) groups is 1. The first-order valence-electron chi connectivity index (χ1n) is 10.1. The summed E-state index contributed by atoms with van der Waals surface area (Å²) in [5.41, 5.74) is 2.06. The van der Waals surface area contributed by atoms with Crippen LogP contribution in [0, 0.1) is 6.92 Å². The van der Waals surface area contributed by atoms with Crippen LogP contribution in [-0.2, 0) is 17.6 Å². The first-order chi connectivity index (χ1) is 16.2. The Morgan fingerprint density at radius 1 is 1.06 bits per heavy atom. The highest BCUT2D eigenvalue weighted by atomic mass is 35.5. The number of thioether (sulfide) groups is 1. The van der Waals surface area contributed by atoms with Crippen LogP contribution in [0.25, 0.3) is 6.08 Å². The van der Waals surface area contributed by atoms with Gasteiger partial charge in [-0.05, 0) is 66.2 Å². The number of nitrogens with zero attached hydrogens (tertiary/aromatic N) is 1. The number of nitrogens with one attached hydrogen (secondary N) is 1. The fourth-order valence-corrected chi connectivity index (χ4v) is 4.02. The van der Waals surface area contributed by atoms with Gasteiger partial charge in [0.25, 0.3) is 5.91 Å². The Morgan fingerprint density at radius 2 is 1.76 bits per heavy atom. The van der Waals surface area contributed by atoms with E-state index in [1.165, 1.54) is 5.56 Å². The van der Waals surface area contributed by atoms with Gasteiger partial charge < -0.3 is 10.1 Å². The molecule has 0 aromatic heterocycles. The Morgan fingerprint density at radius 3 is 2.44 bits per heavy atom. The molecule has 0 atom stereocenters. The number of benzene rings is 3. The number of halogens is 4. The van der Waals surface area contributed by atoms with Gasteiger partial charge >= 0.3 is 6.18 Å². The predicted octanol–water partition coefficient (Wildman–Crippen LogP) is 7.14. The summed E-state index contributed by atoms with van der Waals surface area (Å²) in [6, 6.07) is 18.1. The largest absolute Gasteiger partial charge is 0.489 e. The summed E-state index contributed by atoms with van der Waals surface area (Å²) in [5, 5.41) is 2.75. The van der Waals surface area contributed by atoms with Crippen LogP contribution in [0.15, 0.2) is 76.6 Å². The monoisotopic (exact) mass is 502 g/mol. The standard InChI is InChI=1S/C25H18ClF3N2O2S/c1-15-2-4-17(5-3-15)14-33-19-9-6-16(7-10-19)12-22-23(32)31-24(34-22)30-21-13-18(25(27,28)29)8-11-20(21)26/h2-13H,14H2,1H3,(H,30,31,32). The topological polar surface area (TPSA) is 50.7 Å². The maximum absolute atomic E-state index is 13.0. The number of amides is 1. The summed E-state index contributed by atoms with van der Waals surface area (Å²) in [6.45, 7) is 2.47. The Balaban J connectivity index is 1.44. The van der Waals surface area contributed by atoms with Crippen LogP contribution < -0.4 is 10.1 Å². The summed E-state index contributed by atoms with van der Waals surface area (Å²) in [5.74, 6) is 0.291. The summed E-state index contributed by atoms with van der Waals surface area (Å²) in [6.07, 6.45) is -2.85. The molecule has 0 saturated carbocycles. The fourth-order valence-electron chi connectivity index (χ4n) is 3.03. The van der Waals surface area contributed by atoms with E-state index in [1.807, 2.05) is 43.3 Å². The van der Waals surface area contributed by atoms with E-state index >= 15 is 0 Å². The van der Waals surface area contributed by atoms with E-state index in [9.17, 15) is 18.0 Å². The fraction of sp³-hybridized carbons (Fsp3) is 0.120. The molecule has 3 aromatic rings. The van der Waals surface area contributed by atoms with Crippen LogP contribution in [0.2, 0.25) is 5.02 Å². The number of hydrogen-bond acceptors (Lipinski definition) is 4. The highest BCUT2D eigenvalue weighted by Crippen LogP contribution is 2.36. The van der Waals surface area contributed by atoms with Crippen LogP contribution in [0.1, 0.15) is 22.3 Å². The molecule has 34 heavy (non-hydrogen) atoms. The molecule has 3 aromatic carbocycles. The van der Waals surface area contributed by atoms with E-state index in [1.54, 1.807) is 18.2 Å². The molecule has 1 N–H and O–H groups in total. The van der Waals surface area contributed by atoms with Gasteiger partial charge in [-0.1, -0.05) is 53.6 Å². The Kier molecular flexibility index (Phi) is 7.00. The zero-order valence-corrected chi connectivity index (χ0v) is 19.4. The maximum Gasteiger partial charge on any atom is 0.416 e. The van der Waals surface area contributed by atoms with Gasteiger partial charge in [0.1, 0.15) is 12.4 Å². The van der Waals surface area contributed by atoms with Crippen LogP contribution in [-0.4, -0.2) is 11.1 Å². The number of aliphatic imine (C=N–C) groups is 1. The minimum atomic E-state index is -4.52. The van der Waals surface area contributed by atoms with Gasteiger partial charge in [-0.25, -0.2) is 4.99 Å². The average molecular weight is 503 g/mol. The molecule has 0 bridgehead atoms. The molecular weight excluding hydrogens is 485 g/mol. The quantitative estimate of drug-likeness (QED) is 0.377. The van der Waals surface area contributed by atoms with Crippen molar-refractivity contribution in [1.82, 2.24) is 5.32 Å². The lowest BCUT2D eigenvalue weighted by Crippen LogP contribution is -2.19. The molecule has 0 aliphatic carbocycles. The van der Waals surface area contributed by atoms with Crippen molar-refractivity contribution in [3.63, 3.8) is 0 Å². The second kappa shape index (κ2) is 9.95. The van der Waals surface area contributed by atoms with E-state index in [2.05, 4.69) is 10.3 Å². The van der Waals surface area contributed by atoms with Crippen molar-refractivity contribution < 1.29 is 22.7 Å². The van der Waals surface area contributed by atoms with Crippen LogP contribution >= 0.6 is 23.4 Å². The number of amidine groups is 1. The molecule has 1 saturated heterocycles. The zero-order valence-electron chi connectivity index (χ0n) is 17.8. The van der Waals surface area contributed by atoms with Crippen molar-refractivity contribution in [3.8, 4) is 5.75 Å². The summed E-state index contributed by atoms with van der Waals surface area (Å²) >= 11 is 7.01. The second-order valence-corrected chi connectivity index (χ2v) is 8.93. The summed E-state index contributed by atoms with van der Waals surface area (Å²) in [7, 11) is 0. The number of aryl methyl sites for hydroxylation is 1. The Labute approximate surface area is 203 Å². The number of ether oxygens (including phenoxy) is 1. The lowest BCUT2D eigenvalue weighted by molar-refractivity contribution is -0.137. The molecule has 1 amide bonds. The third-order valence-electron chi connectivity index (χ3n) is 4.85. The van der Waals surface area contributed by atoms with Gasteiger partial charge in [0.15, 0.2) is 5.17 Å². The van der Waals surface area contributed by atoms with Crippen molar-refractivity contribution in [3.05, 3.63) is 98.9 Å². The molecule has 1 heterocycles. The molecule has 174 valence electrons. The van der Waals surface area contributed by atoms with E-state index in [0.717, 1.165) is 41.1 Å². The van der Waals surface area contributed by atoms with Crippen molar-refractivity contribution in [2.75, 3.05) is 0 Å². The molecule has 1 aliphatic rings. The lowest BCUT2D eigenvalue weighted by atomic mass is 10.1. The molecule has 9 heteroatoms. The average Bonchev–Trinajstić information content (AvgIpc) is 3.13. The van der Waals surface area contributed by atoms with Gasteiger partial charge in [0.2, 0.25) is 0 Å². The number of hydrogen-bond donors (Lipinski definition) is 1. The van der Waals surface area contributed by atoms with Gasteiger partial charge in [0, 0.05) is 0 Å². The molecular formula is C25H18ClF3N2O2S. The molecule has 1 aliphatic heterocycles. The number of carbonyl (C=O) groups excluding carboxylic acids is 1. The smallest absolute Gasteiger partial charge is 0.416 e. The third-order valence-corrected chi connectivity index (χ3v) is 6.08. The minimum absolute atomic E-state index is 0.0500. The highest BCUT2D eigenvalue weighted by molar-refractivity contribution is 8.18. The van der Waals surface area contributed by atoms with E-state index in [4.69, 9.17) is 16.3 Å². The van der Waals surface area contributed by atoms with E-state index in [-0.39, 0.29) is 15.9 Å². The maximum atomic E-state index is 13.0. The second-order valence-electron chi connectivity index (χ2n) is 7.49. The van der Waals surface area contributed by atoms with E-state index in [0.29, 0.717) is 17.3 Å². The minimum Gasteiger partial charge on any atom is -0.489 e.